The smallest absolute Gasteiger partial charge is 0.328 e. The van der Waals surface area contributed by atoms with Gasteiger partial charge in [0.05, 0.1) is 22.1 Å². The molecule has 0 amide bonds. The van der Waals surface area contributed by atoms with E-state index in [2.05, 4.69) is 20.9 Å². The number of benzene rings is 1. The first-order valence-electron chi connectivity index (χ1n) is 5.74. The van der Waals surface area contributed by atoms with Gasteiger partial charge in [0.25, 0.3) is 0 Å². The number of aromatic nitrogens is 2. The molecule has 0 aliphatic carbocycles. The van der Waals surface area contributed by atoms with Gasteiger partial charge in [0, 0.05) is 6.07 Å². The van der Waals surface area contributed by atoms with Gasteiger partial charge in [0.2, 0.25) is 5.95 Å². The average molecular weight is 330 g/mol. The van der Waals surface area contributed by atoms with Crippen molar-refractivity contribution in [1.29, 1.82) is 0 Å². The van der Waals surface area contributed by atoms with Crippen LogP contribution in [0.1, 0.15) is 19.9 Å². The molecule has 0 spiro atoms. The highest BCUT2D eigenvalue weighted by molar-refractivity contribution is 9.10. The molecule has 0 radical (unpaired) electrons. The standard InChI is InChI=1S/C12H13BrFN3O2/c1-3-19-11(18)6(2)17-10-4-7(13)8(14)5-9(10)16-12(17)15/h4-6H,3H2,1-2H3,(H2,15,16). The third kappa shape index (κ3) is 2.42. The van der Waals surface area contributed by atoms with Gasteiger partial charge in [0.1, 0.15) is 11.9 Å². The van der Waals surface area contributed by atoms with Crippen molar-refractivity contribution in [2.75, 3.05) is 12.3 Å². The number of fused-ring (bicyclic) bond motifs is 1. The summed E-state index contributed by atoms with van der Waals surface area (Å²) >= 11 is 3.10. The van der Waals surface area contributed by atoms with Crippen LogP contribution in [-0.4, -0.2) is 22.1 Å². The second kappa shape index (κ2) is 5.16. The van der Waals surface area contributed by atoms with E-state index in [0.717, 1.165) is 0 Å². The van der Waals surface area contributed by atoms with Crippen molar-refractivity contribution >= 4 is 38.9 Å². The first kappa shape index (κ1) is 13.8. The molecule has 0 saturated heterocycles. The summed E-state index contributed by atoms with van der Waals surface area (Å²) in [6, 6.07) is 2.19. The lowest BCUT2D eigenvalue weighted by atomic mass is 10.2. The topological polar surface area (TPSA) is 70.1 Å². The van der Waals surface area contributed by atoms with Crippen LogP contribution in [0.2, 0.25) is 0 Å². The lowest BCUT2D eigenvalue weighted by molar-refractivity contribution is -0.146. The largest absolute Gasteiger partial charge is 0.464 e. The first-order valence-corrected chi connectivity index (χ1v) is 6.54. The quantitative estimate of drug-likeness (QED) is 0.879. The van der Waals surface area contributed by atoms with Crippen molar-refractivity contribution in [2.45, 2.75) is 19.9 Å². The van der Waals surface area contributed by atoms with Crippen LogP contribution in [-0.2, 0) is 9.53 Å². The Kier molecular flexibility index (Phi) is 3.75. The van der Waals surface area contributed by atoms with Crippen LogP contribution in [0.15, 0.2) is 16.6 Å². The second-order valence-electron chi connectivity index (χ2n) is 4.02. The first-order chi connectivity index (χ1) is 8.95. The zero-order valence-corrected chi connectivity index (χ0v) is 12.1. The van der Waals surface area contributed by atoms with Gasteiger partial charge in [-0.1, -0.05) is 0 Å². The Hall–Kier alpha value is -1.63. The highest BCUT2D eigenvalue weighted by Gasteiger charge is 2.22. The fourth-order valence-corrected chi connectivity index (χ4v) is 2.22. The summed E-state index contributed by atoms with van der Waals surface area (Å²) in [4.78, 5) is 15.8. The number of nitrogens with two attached hydrogens (primary N) is 1. The van der Waals surface area contributed by atoms with Crippen LogP contribution in [0.4, 0.5) is 10.3 Å². The molecule has 1 aromatic heterocycles. The predicted molar refractivity (Wildman–Crippen MR) is 73.1 cm³/mol. The van der Waals surface area contributed by atoms with E-state index in [4.69, 9.17) is 10.5 Å². The summed E-state index contributed by atoms with van der Waals surface area (Å²) in [5, 5.41) is 0. The molecule has 0 saturated carbocycles. The van der Waals surface area contributed by atoms with E-state index >= 15 is 0 Å². The van der Waals surface area contributed by atoms with Crippen molar-refractivity contribution in [3.8, 4) is 0 Å². The molecule has 0 bridgehead atoms. The molecule has 1 aromatic carbocycles. The molecule has 0 fully saturated rings. The Morgan fingerprint density at radius 3 is 2.95 bits per heavy atom. The molecular formula is C12H13BrFN3O2. The maximum absolute atomic E-state index is 13.4. The molecule has 102 valence electrons. The Bertz CT molecular complexity index is 641. The van der Waals surface area contributed by atoms with Crippen LogP contribution in [0.3, 0.4) is 0 Å². The summed E-state index contributed by atoms with van der Waals surface area (Å²) in [7, 11) is 0. The number of nitrogens with zero attached hydrogens (tertiary/aromatic N) is 2. The van der Waals surface area contributed by atoms with Crippen molar-refractivity contribution < 1.29 is 13.9 Å². The molecule has 2 N–H and O–H groups in total. The Morgan fingerprint density at radius 1 is 1.63 bits per heavy atom. The van der Waals surface area contributed by atoms with Crippen LogP contribution >= 0.6 is 15.9 Å². The van der Waals surface area contributed by atoms with Crippen molar-refractivity contribution in [3.05, 3.63) is 22.4 Å². The Labute approximate surface area is 117 Å². The number of hydrogen-bond donors (Lipinski definition) is 1. The normalized spacial score (nSPS) is 12.6. The van der Waals surface area contributed by atoms with Crippen LogP contribution in [0.5, 0.6) is 0 Å². The SMILES string of the molecule is CCOC(=O)C(C)n1c(N)nc2cc(F)c(Br)cc21. The number of carbonyl (C=O) groups excluding carboxylic acids is 1. The van der Waals surface area contributed by atoms with E-state index in [1.165, 1.54) is 10.6 Å². The molecule has 1 unspecified atom stereocenters. The molecular weight excluding hydrogens is 317 g/mol. The maximum Gasteiger partial charge on any atom is 0.328 e. The number of ether oxygens (including phenoxy) is 1. The number of rotatable bonds is 3. The molecule has 19 heavy (non-hydrogen) atoms. The number of anilines is 1. The zero-order valence-electron chi connectivity index (χ0n) is 10.5. The minimum atomic E-state index is -0.623. The molecule has 0 aliphatic heterocycles. The van der Waals surface area contributed by atoms with E-state index < -0.39 is 17.8 Å². The Morgan fingerprint density at radius 2 is 2.32 bits per heavy atom. The minimum Gasteiger partial charge on any atom is -0.464 e. The highest BCUT2D eigenvalue weighted by atomic mass is 79.9. The number of halogens is 2. The number of imidazole rings is 1. The summed E-state index contributed by atoms with van der Waals surface area (Å²) in [5.41, 5.74) is 6.77. The number of nitrogen functional groups attached to an aromatic ring is 1. The maximum atomic E-state index is 13.4. The fraction of sp³-hybridized carbons (Fsp3) is 0.333. The van der Waals surface area contributed by atoms with Gasteiger partial charge in [0.15, 0.2) is 0 Å². The number of carbonyl (C=O) groups is 1. The molecule has 2 rings (SSSR count). The second-order valence-corrected chi connectivity index (χ2v) is 4.88. The van der Waals surface area contributed by atoms with E-state index in [-0.39, 0.29) is 17.0 Å². The summed E-state index contributed by atoms with van der Waals surface area (Å²) in [5.74, 6) is -0.692. The Balaban J connectivity index is 2.56. The van der Waals surface area contributed by atoms with Crippen molar-refractivity contribution in [3.63, 3.8) is 0 Å². The molecule has 2 aromatic rings. The molecule has 5 nitrogen and oxygen atoms in total. The molecule has 1 heterocycles. The van der Waals surface area contributed by atoms with Crippen molar-refractivity contribution in [2.24, 2.45) is 0 Å². The van der Waals surface area contributed by atoms with Crippen LogP contribution in [0.25, 0.3) is 11.0 Å². The lowest BCUT2D eigenvalue weighted by Gasteiger charge is -2.14. The lowest BCUT2D eigenvalue weighted by Crippen LogP contribution is -2.20. The third-order valence-corrected chi connectivity index (χ3v) is 3.38. The summed E-state index contributed by atoms with van der Waals surface area (Å²) < 4.78 is 20.2. The summed E-state index contributed by atoms with van der Waals surface area (Å²) in [6.45, 7) is 3.67. The van der Waals surface area contributed by atoms with E-state index in [1.54, 1.807) is 19.9 Å². The molecule has 0 aliphatic rings. The highest BCUT2D eigenvalue weighted by Crippen LogP contribution is 2.28. The third-order valence-electron chi connectivity index (χ3n) is 2.77. The minimum absolute atomic E-state index is 0.146. The van der Waals surface area contributed by atoms with Gasteiger partial charge in [-0.15, -0.1) is 0 Å². The predicted octanol–water partition coefficient (Wildman–Crippen LogP) is 2.64. The van der Waals surface area contributed by atoms with Gasteiger partial charge < -0.3 is 10.5 Å². The van der Waals surface area contributed by atoms with Gasteiger partial charge in [-0.2, -0.15) is 0 Å². The number of hydrogen-bond acceptors (Lipinski definition) is 4. The van der Waals surface area contributed by atoms with Crippen LogP contribution < -0.4 is 5.73 Å². The molecule has 1 atom stereocenters. The van der Waals surface area contributed by atoms with E-state index in [9.17, 15) is 9.18 Å². The van der Waals surface area contributed by atoms with Crippen molar-refractivity contribution in [1.82, 2.24) is 9.55 Å². The van der Waals surface area contributed by atoms with Gasteiger partial charge >= 0.3 is 5.97 Å². The zero-order chi connectivity index (χ0) is 14.2. The molecule has 7 heteroatoms. The summed E-state index contributed by atoms with van der Waals surface area (Å²) in [6.07, 6.45) is 0. The van der Waals surface area contributed by atoms with Gasteiger partial charge in [-0.25, -0.2) is 14.2 Å². The van der Waals surface area contributed by atoms with Crippen LogP contribution in [0, 0.1) is 5.82 Å². The van der Waals surface area contributed by atoms with Gasteiger partial charge in [-0.3, -0.25) is 4.57 Å². The van der Waals surface area contributed by atoms with E-state index in [0.29, 0.717) is 11.0 Å². The number of esters is 1. The van der Waals surface area contributed by atoms with Gasteiger partial charge in [-0.05, 0) is 35.8 Å². The monoisotopic (exact) mass is 329 g/mol. The average Bonchev–Trinajstić information content (AvgIpc) is 2.65. The fourth-order valence-electron chi connectivity index (χ4n) is 1.88. The van der Waals surface area contributed by atoms with E-state index in [1.807, 2.05) is 0 Å².